The Balaban J connectivity index is 1.61. The predicted octanol–water partition coefficient (Wildman–Crippen LogP) is 3.75. The van der Waals surface area contributed by atoms with Crippen LogP contribution >= 0.6 is 0 Å². The highest BCUT2D eigenvalue weighted by molar-refractivity contribution is 5.75. The molecule has 1 N–H and O–H groups in total. The molecule has 4 nitrogen and oxygen atoms in total. The van der Waals surface area contributed by atoms with E-state index in [9.17, 15) is 4.79 Å². The SMILES string of the molecule is CC1(C)COC(Cc2ccccc2)CN1C(=O)NC1CCCCC1. The molecule has 1 atom stereocenters. The van der Waals surface area contributed by atoms with Gasteiger partial charge < -0.3 is 15.0 Å². The number of hydrogen-bond donors (Lipinski definition) is 1. The smallest absolute Gasteiger partial charge is 0.318 e. The molecule has 1 saturated carbocycles. The molecule has 3 rings (SSSR count). The molecule has 1 heterocycles. The highest BCUT2D eigenvalue weighted by Crippen LogP contribution is 2.25. The maximum absolute atomic E-state index is 12.8. The quantitative estimate of drug-likeness (QED) is 0.917. The van der Waals surface area contributed by atoms with E-state index in [1.165, 1.54) is 24.8 Å². The van der Waals surface area contributed by atoms with Crippen molar-refractivity contribution in [2.45, 2.75) is 70.1 Å². The minimum Gasteiger partial charge on any atom is -0.374 e. The molecule has 1 aliphatic carbocycles. The molecule has 1 aromatic carbocycles. The van der Waals surface area contributed by atoms with Crippen LogP contribution in [0.2, 0.25) is 0 Å². The molecule has 1 aromatic rings. The van der Waals surface area contributed by atoms with Gasteiger partial charge in [0.1, 0.15) is 0 Å². The van der Waals surface area contributed by atoms with E-state index in [4.69, 9.17) is 4.74 Å². The molecule has 0 bridgehead atoms. The molecule has 1 unspecified atom stereocenters. The highest BCUT2D eigenvalue weighted by Gasteiger charge is 2.38. The highest BCUT2D eigenvalue weighted by atomic mass is 16.5. The van der Waals surface area contributed by atoms with E-state index < -0.39 is 0 Å². The van der Waals surface area contributed by atoms with Gasteiger partial charge in [-0.05, 0) is 32.3 Å². The van der Waals surface area contributed by atoms with Gasteiger partial charge in [0.25, 0.3) is 0 Å². The van der Waals surface area contributed by atoms with Gasteiger partial charge in [0.2, 0.25) is 0 Å². The Morgan fingerprint density at radius 3 is 2.62 bits per heavy atom. The standard InChI is InChI=1S/C20H30N2O2/c1-20(2)15-24-18(13-16-9-5-3-6-10-16)14-22(20)19(23)21-17-11-7-4-8-12-17/h3,5-6,9-10,17-18H,4,7-8,11-15H2,1-2H3,(H,21,23). The first-order valence-corrected chi connectivity index (χ1v) is 9.28. The first-order chi connectivity index (χ1) is 11.5. The van der Waals surface area contributed by atoms with Crippen molar-refractivity contribution in [1.82, 2.24) is 10.2 Å². The summed E-state index contributed by atoms with van der Waals surface area (Å²) >= 11 is 0. The second-order valence-corrected chi connectivity index (χ2v) is 7.83. The van der Waals surface area contributed by atoms with Crippen LogP contribution < -0.4 is 5.32 Å². The number of morpholine rings is 1. The number of carbonyl (C=O) groups is 1. The summed E-state index contributed by atoms with van der Waals surface area (Å²) in [7, 11) is 0. The predicted molar refractivity (Wildman–Crippen MR) is 96.1 cm³/mol. The zero-order valence-electron chi connectivity index (χ0n) is 15.0. The van der Waals surface area contributed by atoms with Crippen LogP contribution in [0.15, 0.2) is 30.3 Å². The van der Waals surface area contributed by atoms with Gasteiger partial charge in [-0.3, -0.25) is 0 Å². The number of carbonyl (C=O) groups excluding carboxylic acids is 1. The summed E-state index contributed by atoms with van der Waals surface area (Å²) in [5.74, 6) is 0. The van der Waals surface area contributed by atoms with Gasteiger partial charge in [0.15, 0.2) is 0 Å². The average molecular weight is 330 g/mol. The molecule has 1 aliphatic heterocycles. The summed E-state index contributed by atoms with van der Waals surface area (Å²) in [6, 6.07) is 10.8. The molecule has 0 radical (unpaired) electrons. The van der Waals surface area contributed by atoms with Crippen LogP contribution in [0.5, 0.6) is 0 Å². The van der Waals surface area contributed by atoms with Crippen molar-refractivity contribution in [3.63, 3.8) is 0 Å². The number of nitrogens with one attached hydrogen (secondary N) is 1. The van der Waals surface area contributed by atoms with E-state index >= 15 is 0 Å². The molecule has 4 heteroatoms. The van der Waals surface area contributed by atoms with E-state index in [-0.39, 0.29) is 17.7 Å². The van der Waals surface area contributed by atoms with Gasteiger partial charge in [0, 0.05) is 19.0 Å². The second kappa shape index (κ2) is 7.56. The van der Waals surface area contributed by atoms with Gasteiger partial charge >= 0.3 is 6.03 Å². The van der Waals surface area contributed by atoms with Crippen LogP contribution in [0.3, 0.4) is 0 Å². The van der Waals surface area contributed by atoms with Crippen molar-refractivity contribution in [1.29, 1.82) is 0 Å². The molecule has 24 heavy (non-hydrogen) atoms. The van der Waals surface area contributed by atoms with Crippen molar-refractivity contribution in [2.24, 2.45) is 0 Å². The lowest BCUT2D eigenvalue weighted by molar-refractivity contribution is -0.0781. The number of ether oxygens (including phenoxy) is 1. The Hall–Kier alpha value is -1.55. The first-order valence-electron chi connectivity index (χ1n) is 9.28. The number of nitrogens with zero attached hydrogens (tertiary/aromatic N) is 1. The van der Waals surface area contributed by atoms with Gasteiger partial charge in [-0.25, -0.2) is 4.79 Å². The number of hydrogen-bond acceptors (Lipinski definition) is 2. The van der Waals surface area contributed by atoms with E-state index in [0.717, 1.165) is 19.3 Å². The fraction of sp³-hybridized carbons (Fsp3) is 0.650. The molecule has 0 aromatic heterocycles. The van der Waals surface area contributed by atoms with E-state index in [1.54, 1.807) is 0 Å². The summed E-state index contributed by atoms with van der Waals surface area (Å²) in [5.41, 5.74) is 1.00. The van der Waals surface area contributed by atoms with Crippen LogP contribution in [0.4, 0.5) is 4.79 Å². The maximum atomic E-state index is 12.8. The van der Waals surface area contributed by atoms with Crippen LogP contribution in [0, 0.1) is 0 Å². The van der Waals surface area contributed by atoms with Gasteiger partial charge in [-0.2, -0.15) is 0 Å². The summed E-state index contributed by atoms with van der Waals surface area (Å²) in [6.45, 7) is 5.42. The monoisotopic (exact) mass is 330 g/mol. The molecule has 1 saturated heterocycles. The molecule has 0 spiro atoms. The molecule has 2 amide bonds. The number of urea groups is 1. The fourth-order valence-corrected chi connectivity index (χ4v) is 3.76. The lowest BCUT2D eigenvalue weighted by Crippen LogP contribution is -2.62. The number of benzene rings is 1. The van der Waals surface area contributed by atoms with E-state index in [1.807, 2.05) is 11.0 Å². The van der Waals surface area contributed by atoms with Crippen molar-refractivity contribution < 1.29 is 9.53 Å². The average Bonchev–Trinajstić information content (AvgIpc) is 2.58. The van der Waals surface area contributed by atoms with Crippen molar-refractivity contribution >= 4 is 6.03 Å². The fourth-order valence-electron chi connectivity index (χ4n) is 3.76. The van der Waals surface area contributed by atoms with E-state index in [0.29, 0.717) is 19.2 Å². The third kappa shape index (κ3) is 4.29. The molecule has 132 valence electrons. The maximum Gasteiger partial charge on any atom is 0.318 e. The van der Waals surface area contributed by atoms with Crippen LogP contribution in [0.25, 0.3) is 0 Å². The zero-order valence-corrected chi connectivity index (χ0v) is 15.0. The Bertz CT molecular complexity index is 538. The van der Waals surface area contributed by atoms with Crippen molar-refractivity contribution in [2.75, 3.05) is 13.2 Å². The summed E-state index contributed by atoms with van der Waals surface area (Å²) in [6.07, 6.45) is 6.91. The topological polar surface area (TPSA) is 41.6 Å². The second-order valence-electron chi connectivity index (χ2n) is 7.83. The Morgan fingerprint density at radius 2 is 1.92 bits per heavy atom. The summed E-state index contributed by atoms with van der Waals surface area (Å²) < 4.78 is 6.05. The summed E-state index contributed by atoms with van der Waals surface area (Å²) in [5, 5.41) is 3.26. The Labute approximate surface area is 145 Å². The van der Waals surface area contributed by atoms with Crippen molar-refractivity contribution in [3.8, 4) is 0 Å². The van der Waals surface area contributed by atoms with Crippen LogP contribution in [0.1, 0.15) is 51.5 Å². The normalized spacial score (nSPS) is 24.6. The lowest BCUT2D eigenvalue weighted by atomic mass is 9.95. The van der Waals surface area contributed by atoms with Crippen LogP contribution in [-0.4, -0.2) is 41.8 Å². The minimum absolute atomic E-state index is 0.0672. The zero-order chi connectivity index (χ0) is 17.0. The molecule has 2 aliphatic rings. The molecular weight excluding hydrogens is 300 g/mol. The van der Waals surface area contributed by atoms with Gasteiger partial charge in [0.05, 0.1) is 18.2 Å². The van der Waals surface area contributed by atoms with E-state index in [2.05, 4.69) is 43.4 Å². The number of rotatable bonds is 3. The van der Waals surface area contributed by atoms with Gasteiger partial charge in [-0.1, -0.05) is 49.6 Å². The number of amides is 2. The molecular formula is C20H30N2O2. The third-order valence-corrected chi connectivity index (χ3v) is 5.27. The lowest BCUT2D eigenvalue weighted by Gasteiger charge is -2.46. The Morgan fingerprint density at radius 1 is 1.21 bits per heavy atom. The molecule has 2 fully saturated rings. The first kappa shape index (κ1) is 17.3. The summed E-state index contributed by atoms with van der Waals surface area (Å²) in [4.78, 5) is 14.8. The largest absolute Gasteiger partial charge is 0.374 e. The van der Waals surface area contributed by atoms with Gasteiger partial charge in [-0.15, -0.1) is 0 Å². The minimum atomic E-state index is -0.258. The Kier molecular flexibility index (Phi) is 5.44. The third-order valence-electron chi connectivity index (χ3n) is 5.27. The van der Waals surface area contributed by atoms with Crippen LogP contribution in [-0.2, 0) is 11.2 Å². The van der Waals surface area contributed by atoms with Crippen molar-refractivity contribution in [3.05, 3.63) is 35.9 Å².